The van der Waals surface area contributed by atoms with Crippen molar-refractivity contribution in [2.45, 2.75) is 19.3 Å². The number of rotatable bonds is 2. The van der Waals surface area contributed by atoms with Crippen LogP contribution in [0.1, 0.15) is 19.3 Å². The van der Waals surface area contributed by atoms with Crippen molar-refractivity contribution >= 4 is 17.3 Å². The van der Waals surface area contributed by atoms with Gasteiger partial charge in [-0.25, -0.2) is 0 Å². The van der Waals surface area contributed by atoms with Crippen LogP contribution in [-0.4, -0.2) is 19.0 Å². The van der Waals surface area contributed by atoms with Gasteiger partial charge in [0, 0.05) is 19.5 Å². The molecule has 16 heavy (non-hydrogen) atoms. The van der Waals surface area contributed by atoms with Gasteiger partial charge in [0.05, 0.1) is 11.4 Å². The third kappa shape index (κ3) is 1.77. The van der Waals surface area contributed by atoms with E-state index in [9.17, 15) is 4.79 Å². The Morgan fingerprint density at radius 3 is 2.94 bits per heavy atom. The van der Waals surface area contributed by atoms with E-state index in [0.29, 0.717) is 6.42 Å². The van der Waals surface area contributed by atoms with Crippen molar-refractivity contribution in [3.8, 4) is 0 Å². The largest absolute Gasteiger partial charge is 0.383 e. The number of nitrogens with zero attached hydrogens (tertiary/aromatic N) is 1. The molecule has 1 aliphatic heterocycles. The van der Waals surface area contributed by atoms with Gasteiger partial charge in [0.2, 0.25) is 5.91 Å². The molecule has 1 aromatic rings. The molecule has 0 bridgehead atoms. The highest BCUT2D eigenvalue weighted by molar-refractivity contribution is 5.98. The molecule has 3 nitrogen and oxygen atoms in total. The lowest BCUT2D eigenvalue weighted by Gasteiger charge is -2.22. The number of hydrogen-bond donors (Lipinski definition) is 1. The Labute approximate surface area is 95.4 Å². The normalized spacial score (nSPS) is 20.0. The lowest BCUT2D eigenvalue weighted by atomic mass is 10.2. The van der Waals surface area contributed by atoms with Crippen molar-refractivity contribution in [2.75, 3.05) is 23.3 Å². The first-order chi connectivity index (χ1) is 7.84. The molecular formula is C13H16N2O. The maximum absolute atomic E-state index is 12.0. The van der Waals surface area contributed by atoms with Crippen LogP contribution in [0.3, 0.4) is 0 Å². The van der Waals surface area contributed by atoms with Gasteiger partial charge in [-0.15, -0.1) is 0 Å². The number of hydrogen-bond acceptors (Lipinski definition) is 2. The van der Waals surface area contributed by atoms with Crippen LogP contribution < -0.4 is 10.2 Å². The summed E-state index contributed by atoms with van der Waals surface area (Å²) >= 11 is 0. The molecule has 1 N–H and O–H groups in total. The maximum atomic E-state index is 12.0. The quantitative estimate of drug-likeness (QED) is 0.822. The monoisotopic (exact) mass is 216 g/mol. The highest BCUT2D eigenvalue weighted by Gasteiger charge is 2.29. The number of carbonyl (C=O) groups excluding carboxylic acids is 1. The number of para-hydroxylation sites is 2. The SMILES string of the molecule is O=C1CCNc2ccccc2N1CC1CC1. The summed E-state index contributed by atoms with van der Waals surface area (Å²) in [5.74, 6) is 0.986. The maximum Gasteiger partial charge on any atom is 0.228 e. The lowest BCUT2D eigenvalue weighted by molar-refractivity contribution is -0.118. The number of carbonyl (C=O) groups is 1. The molecule has 3 heteroatoms. The van der Waals surface area contributed by atoms with Crippen LogP contribution in [0, 0.1) is 5.92 Å². The second-order valence-electron chi connectivity index (χ2n) is 4.64. The van der Waals surface area contributed by atoms with Gasteiger partial charge in [-0.1, -0.05) is 12.1 Å². The third-order valence-corrected chi connectivity index (χ3v) is 3.29. The van der Waals surface area contributed by atoms with E-state index in [1.165, 1.54) is 12.8 Å². The van der Waals surface area contributed by atoms with Gasteiger partial charge < -0.3 is 10.2 Å². The Hall–Kier alpha value is -1.51. The molecular weight excluding hydrogens is 200 g/mol. The molecule has 2 aliphatic rings. The van der Waals surface area contributed by atoms with Gasteiger partial charge in [0.25, 0.3) is 0 Å². The zero-order valence-electron chi connectivity index (χ0n) is 9.28. The second kappa shape index (κ2) is 3.81. The molecule has 0 spiro atoms. The first kappa shape index (κ1) is 9.70. The van der Waals surface area contributed by atoms with Crippen LogP contribution in [0.5, 0.6) is 0 Å². The van der Waals surface area contributed by atoms with E-state index in [2.05, 4.69) is 5.32 Å². The predicted octanol–water partition coefficient (Wildman–Crippen LogP) is 2.25. The Balaban J connectivity index is 1.94. The van der Waals surface area contributed by atoms with E-state index < -0.39 is 0 Å². The highest BCUT2D eigenvalue weighted by atomic mass is 16.2. The minimum Gasteiger partial charge on any atom is -0.383 e. The van der Waals surface area contributed by atoms with Crippen LogP contribution in [0.4, 0.5) is 11.4 Å². The van der Waals surface area contributed by atoms with E-state index >= 15 is 0 Å². The summed E-state index contributed by atoms with van der Waals surface area (Å²) in [5.41, 5.74) is 2.14. The van der Waals surface area contributed by atoms with Crippen LogP contribution in [0.25, 0.3) is 0 Å². The molecule has 1 aliphatic carbocycles. The van der Waals surface area contributed by atoms with Gasteiger partial charge in [-0.3, -0.25) is 4.79 Å². The topological polar surface area (TPSA) is 32.3 Å². The van der Waals surface area contributed by atoms with Crippen LogP contribution in [0.15, 0.2) is 24.3 Å². The van der Waals surface area contributed by atoms with Gasteiger partial charge in [-0.05, 0) is 30.9 Å². The average Bonchev–Trinajstić information content (AvgIpc) is 3.10. The Kier molecular flexibility index (Phi) is 2.31. The van der Waals surface area contributed by atoms with Crippen molar-refractivity contribution in [3.05, 3.63) is 24.3 Å². The number of amides is 1. The molecule has 0 radical (unpaired) electrons. The zero-order valence-corrected chi connectivity index (χ0v) is 9.28. The van der Waals surface area contributed by atoms with E-state index in [1.807, 2.05) is 29.2 Å². The zero-order chi connectivity index (χ0) is 11.0. The second-order valence-corrected chi connectivity index (χ2v) is 4.64. The van der Waals surface area contributed by atoms with E-state index in [-0.39, 0.29) is 5.91 Å². The summed E-state index contributed by atoms with van der Waals surface area (Å²) in [6.45, 7) is 1.65. The molecule has 84 valence electrons. The van der Waals surface area contributed by atoms with Crippen LogP contribution in [-0.2, 0) is 4.79 Å². The molecule has 0 saturated heterocycles. The molecule has 1 fully saturated rings. The van der Waals surface area contributed by atoms with Gasteiger partial charge in [0.1, 0.15) is 0 Å². The number of benzene rings is 1. The predicted molar refractivity (Wildman–Crippen MR) is 64.6 cm³/mol. The fourth-order valence-electron chi connectivity index (χ4n) is 2.19. The molecule has 1 amide bonds. The Bertz CT molecular complexity index is 412. The summed E-state index contributed by atoms with van der Waals surface area (Å²) < 4.78 is 0. The van der Waals surface area contributed by atoms with Crippen molar-refractivity contribution in [2.24, 2.45) is 5.92 Å². The summed E-state index contributed by atoms with van der Waals surface area (Å²) in [6, 6.07) is 8.09. The standard InChI is InChI=1S/C13H16N2O/c16-13-7-8-14-11-3-1-2-4-12(11)15(13)9-10-5-6-10/h1-4,10,14H,5-9H2. The average molecular weight is 216 g/mol. The lowest BCUT2D eigenvalue weighted by Crippen LogP contribution is -2.32. The fraction of sp³-hybridized carbons (Fsp3) is 0.462. The number of fused-ring (bicyclic) bond motifs is 1. The highest BCUT2D eigenvalue weighted by Crippen LogP contribution is 2.35. The molecule has 0 unspecified atom stereocenters. The summed E-state index contributed by atoms with van der Waals surface area (Å²) in [4.78, 5) is 14.0. The van der Waals surface area contributed by atoms with Gasteiger partial charge >= 0.3 is 0 Å². The van der Waals surface area contributed by atoms with E-state index in [4.69, 9.17) is 0 Å². The first-order valence-electron chi connectivity index (χ1n) is 5.98. The smallest absolute Gasteiger partial charge is 0.228 e. The van der Waals surface area contributed by atoms with Crippen molar-refractivity contribution in [1.82, 2.24) is 0 Å². The molecule has 3 rings (SSSR count). The van der Waals surface area contributed by atoms with Gasteiger partial charge in [-0.2, -0.15) is 0 Å². The summed E-state index contributed by atoms with van der Waals surface area (Å²) in [7, 11) is 0. The molecule has 1 heterocycles. The van der Waals surface area contributed by atoms with Crippen molar-refractivity contribution in [3.63, 3.8) is 0 Å². The number of anilines is 2. The van der Waals surface area contributed by atoms with Gasteiger partial charge in [0.15, 0.2) is 0 Å². The fourth-order valence-corrected chi connectivity index (χ4v) is 2.19. The first-order valence-corrected chi connectivity index (χ1v) is 5.98. The number of nitrogens with one attached hydrogen (secondary N) is 1. The molecule has 1 saturated carbocycles. The summed E-state index contributed by atoms with van der Waals surface area (Å²) in [5, 5.41) is 3.32. The van der Waals surface area contributed by atoms with Crippen molar-refractivity contribution in [1.29, 1.82) is 0 Å². The molecule has 0 aromatic heterocycles. The minimum atomic E-state index is 0.254. The third-order valence-electron chi connectivity index (χ3n) is 3.29. The summed E-state index contributed by atoms with van der Waals surface area (Å²) in [6.07, 6.45) is 3.15. The Morgan fingerprint density at radius 1 is 1.31 bits per heavy atom. The molecule has 0 atom stereocenters. The van der Waals surface area contributed by atoms with Crippen LogP contribution in [0.2, 0.25) is 0 Å². The Morgan fingerprint density at radius 2 is 2.12 bits per heavy atom. The van der Waals surface area contributed by atoms with E-state index in [1.54, 1.807) is 0 Å². The van der Waals surface area contributed by atoms with E-state index in [0.717, 1.165) is 30.4 Å². The minimum absolute atomic E-state index is 0.254. The molecule has 1 aromatic carbocycles. The van der Waals surface area contributed by atoms with Crippen molar-refractivity contribution < 1.29 is 4.79 Å². The van der Waals surface area contributed by atoms with Crippen LogP contribution >= 0.6 is 0 Å².